The Kier molecular flexibility index (Phi) is 8.22. The molecule has 0 saturated heterocycles. The number of furan rings is 2. The fourth-order valence-corrected chi connectivity index (χ4v) is 12.7. The van der Waals surface area contributed by atoms with Crippen LogP contribution in [0.5, 0.6) is 0 Å². The van der Waals surface area contributed by atoms with E-state index < -0.39 is 0 Å². The third-order valence-corrected chi connectivity index (χ3v) is 16.8. The number of para-hydroxylation sites is 1. The van der Waals surface area contributed by atoms with Crippen molar-refractivity contribution in [2.75, 3.05) is 9.71 Å². The van der Waals surface area contributed by atoms with Gasteiger partial charge in [-0.25, -0.2) is 0 Å². The van der Waals surface area contributed by atoms with Crippen LogP contribution < -0.4 is 20.8 Å². The van der Waals surface area contributed by atoms with E-state index in [1.54, 1.807) is 0 Å². The quantitative estimate of drug-likeness (QED) is 0.162. The SMILES string of the molecule is CC(C)(C)c1ccc(N2B3c4oc5cc6c(cc5c4N(c4ccc(C(C)(C)C)cc4)c4cc5c(oc7ccccc75)c(c43)-c3cc4c(cc32)C(C)(C)c2ccccc2-4)C(C)(C)CCC6(C)C)cc1. The summed E-state index contributed by atoms with van der Waals surface area (Å²) in [6, 6.07) is 48.7. The summed E-state index contributed by atoms with van der Waals surface area (Å²) >= 11 is 0. The zero-order valence-corrected chi connectivity index (χ0v) is 41.8. The Balaban J connectivity index is 1.21. The van der Waals surface area contributed by atoms with Crippen molar-refractivity contribution in [1.29, 1.82) is 0 Å². The highest BCUT2D eigenvalue weighted by Gasteiger charge is 2.51. The number of fused-ring (bicyclic) bond motifs is 14. The first kappa shape index (κ1) is 41.7. The van der Waals surface area contributed by atoms with Crippen molar-refractivity contribution < 1.29 is 8.83 Å². The van der Waals surface area contributed by atoms with Crippen molar-refractivity contribution in [3.8, 4) is 22.3 Å². The second-order valence-electron chi connectivity index (χ2n) is 24.4. The molecular weight excluding hydrogens is 828 g/mol. The third-order valence-electron chi connectivity index (χ3n) is 16.8. The van der Waals surface area contributed by atoms with Crippen LogP contribution in [0.4, 0.5) is 28.4 Å². The number of hydrogen-bond acceptors (Lipinski definition) is 4. The summed E-state index contributed by atoms with van der Waals surface area (Å²) in [5, 5.41) is 3.40. The van der Waals surface area contributed by atoms with E-state index in [0.717, 1.165) is 79.7 Å². The fourth-order valence-electron chi connectivity index (χ4n) is 12.7. The van der Waals surface area contributed by atoms with Crippen molar-refractivity contribution in [3.05, 3.63) is 161 Å². The maximum absolute atomic E-state index is 7.68. The number of rotatable bonds is 2. The summed E-state index contributed by atoms with van der Waals surface area (Å²) in [4.78, 5) is 5.17. The van der Waals surface area contributed by atoms with Crippen LogP contribution >= 0.6 is 0 Å². The minimum atomic E-state index is -0.318. The Morgan fingerprint density at radius 1 is 0.500 bits per heavy atom. The van der Waals surface area contributed by atoms with E-state index in [2.05, 4.69) is 220 Å². The normalized spacial score (nSPS) is 17.3. The topological polar surface area (TPSA) is 32.8 Å². The molecule has 2 aromatic heterocycles. The summed E-state index contributed by atoms with van der Waals surface area (Å²) in [6.45, 7) is 28.0. The van der Waals surface area contributed by atoms with Gasteiger partial charge in [0.15, 0.2) is 0 Å². The maximum Gasteiger partial charge on any atom is 0.376 e. The molecule has 2 aliphatic carbocycles. The minimum absolute atomic E-state index is 0.00206. The van der Waals surface area contributed by atoms with E-state index in [1.807, 2.05) is 0 Å². The lowest BCUT2D eigenvalue weighted by Gasteiger charge is -2.44. The van der Waals surface area contributed by atoms with Gasteiger partial charge in [-0.2, -0.15) is 0 Å². The second-order valence-corrected chi connectivity index (χ2v) is 24.4. The molecule has 0 fully saturated rings. The molecule has 0 saturated carbocycles. The summed E-state index contributed by atoms with van der Waals surface area (Å²) in [5.74, 6) is 0. The van der Waals surface area contributed by atoms with E-state index >= 15 is 0 Å². The van der Waals surface area contributed by atoms with Gasteiger partial charge in [-0.1, -0.05) is 150 Å². The first-order valence-electron chi connectivity index (χ1n) is 24.9. The van der Waals surface area contributed by atoms with Crippen molar-refractivity contribution in [2.24, 2.45) is 0 Å². The number of hydrogen-bond donors (Lipinski definition) is 0. The minimum Gasteiger partial charge on any atom is -0.466 e. The number of benzene rings is 7. The highest BCUT2D eigenvalue weighted by molar-refractivity contribution is 6.93. The van der Waals surface area contributed by atoms with Crippen LogP contribution in [0.2, 0.25) is 0 Å². The van der Waals surface area contributed by atoms with Crippen LogP contribution in [0.3, 0.4) is 0 Å². The van der Waals surface area contributed by atoms with Crippen LogP contribution in [0, 0.1) is 0 Å². The van der Waals surface area contributed by atoms with E-state index in [-0.39, 0.29) is 33.9 Å². The predicted molar refractivity (Wildman–Crippen MR) is 287 cm³/mol. The van der Waals surface area contributed by atoms with Gasteiger partial charge in [0.25, 0.3) is 0 Å². The van der Waals surface area contributed by atoms with Crippen LogP contribution in [-0.2, 0) is 27.1 Å². The van der Waals surface area contributed by atoms with Crippen molar-refractivity contribution >= 4 is 79.3 Å². The Morgan fingerprint density at radius 2 is 1.12 bits per heavy atom. The summed E-state index contributed by atoms with van der Waals surface area (Å²) in [5.41, 5.74) is 23.5. The molecule has 68 heavy (non-hydrogen) atoms. The van der Waals surface area contributed by atoms with Crippen LogP contribution in [0.1, 0.15) is 129 Å². The van der Waals surface area contributed by atoms with E-state index in [0.29, 0.717) is 0 Å². The number of anilines is 5. The first-order chi connectivity index (χ1) is 32.2. The van der Waals surface area contributed by atoms with E-state index in [1.165, 1.54) is 61.2 Å². The van der Waals surface area contributed by atoms with Gasteiger partial charge in [0.2, 0.25) is 0 Å². The standard InChI is InChI=1S/C63H61BN2O2/c1-59(2,3)36-21-25-38(26-22-36)65-51-33-43-41-18-14-16-20-52(41)67-57(43)54-44-31-42-40-17-13-15-19-46(40)63(11,12)47(42)34-50(44)66(39-27-23-37(24-28-39)60(4,5)6)64(55(51)54)58-56(65)45-32-48-49(35-53(45)68-58)62(9,10)30-29-61(48,7)8/h13-28,31-35H,29-30H2,1-12H3. The fraction of sp³-hybridized carbons (Fsp3) is 0.302. The Bertz CT molecular complexity index is 3620. The van der Waals surface area contributed by atoms with Crippen molar-refractivity contribution in [3.63, 3.8) is 0 Å². The van der Waals surface area contributed by atoms with Gasteiger partial charge < -0.3 is 18.5 Å². The van der Waals surface area contributed by atoms with Gasteiger partial charge in [-0.05, 0) is 145 Å². The molecule has 5 heteroatoms. The van der Waals surface area contributed by atoms with Gasteiger partial charge in [-0.15, -0.1) is 0 Å². The van der Waals surface area contributed by atoms with E-state index in [4.69, 9.17) is 8.83 Å². The molecule has 0 spiro atoms. The van der Waals surface area contributed by atoms with E-state index in [9.17, 15) is 0 Å². The smallest absolute Gasteiger partial charge is 0.376 e. The molecule has 13 rings (SSSR count). The molecule has 0 N–H and O–H groups in total. The summed E-state index contributed by atoms with van der Waals surface area (Å²) < 4.78 is 14.9. The lowest BCUT2D eigenvalue weighted by atomic mass is 9.45. The number of nitrogens with zero attached hydrogens (tertiary/aromatic N) is 2. The summed E-state index contributed by atoms with van der Waals surface area (Å²) in [7, 11) is 0. The van der Waals surface area contributed by atoms with Gasteiger partial charge in [0.05, 0.1) is 5.69 Å². The lowest BCUT2D eigenvalue weighted by Crippen LogP contribution is -2.61. The Morgan fingerprint density at radius 3 is 1.79 bits per heavy atom. The van der Waals surface area contributed by atoms with Gasteiger partial charge >= 0.3 is 6.85 Å². The zero-order chi connectivity index (χ0) is 47.2. The van der Waals surface area contributed by atoms with Crippen molar-refractivity contribution in [2.45, 2.75) is 123 Å². The molecule has 9 aromatic rings. The predicted octanol–water partition coefficient (Wildman–Crippen LogP) is 16.3. The molecule has 0 radical (unpaired) electrons. The average molecular weight is 889 g/mol. The molecule has 0 bridgehead atoms. The summed E-state index contributed by atoms with van der Waals surface area (Å²) in [6.07, 6.45) is 2.27. The van der Waals surface area contributed by atoms with Gasteiger partial charge in [-0.3, -0.25) is 0 Å². The molecule has 2 aliphatic heterocycles. The molecular formula is C63H61BN2O2. The van der Waals surface area contributed by atoms with Gasteiger partial charge in [0, 0.05) is 55.5 Å². The second kappa shape index (κ2) is 13.4. The zero-order valence-electron chi connectivity index (χ0n) is 41.8. The molecule has 0 amide bonds. The third kappa shape index (κ3) is 5.62. The molecule has 0 unspecified atom stereocenters. The molecule has 338 valence electrons. The van der Waals surface area contributed by atoms with Crippen LogP contribution in [0.25, 0.3) is 55.2 Å². The highest BCUT2D eigenvalue weighted by Crippen LogP contribution is 2.58. The lowest BCUT2D eigenvalue weighted by molar-refractivity contribution is 0.332. The Labute approximate surface area is 402 Å². The molecule has 4 aliphatic rings. The van der Waals surface area contributed by atoms with Crippen LogP contribution in [0.15, 0.2) is 136 Å². The maximum atomic E-state index is 7.68. The average Bonchev–Trinajstić information content (AvgIpc) is 3.94. The highest BCUT2D eigenvalue weighted by atomic mass is 16.3. The van der Waals surface area contributed by atoms with Gasteiger partial charge in [0.1, 0.15) is 22.4 Å². The molecule has 7 aromatic carbocycles. The van der Waals surface area contributed by atoms with Crippen LogP contribution in [-0.4, -0.2) is 6.85 Å². The van der Waals surface area contributed by atoms with Crippen molar-refractivity contribution in [1.82, 2.24) is 0 Å². The molecule has 4 nitrogen and oxygen atoms in total. The molecule has 0 atom stereocenters. The monoisotopic (exact) mass is 888 g/mol. The Hall–Kier alpha value is -6.46. The first-order valence-corrected chi connectivity index (χ1v) is 24.9. The largest absolute Gasteiger partial charge is 0.466 e. The molecule has 4 heterocycles.